The standard InChI is InChI=1S/C17H21FN2/c1-4-20(16-7-5-6-15(18)11-16)17-9-8-14(12-19-3)13(2)10-17/h5-11,19H,4,12H2,1-3H3. The molecule has 0 aromatic heterocycles. The zero-order chi connectivity index (χ0) is 14.5. The van der Waals surface area contributed by atoms with E-state index in [2.05, 4.69) is 42.3 Å². The Bertz CT molecular complexity index is 581. The average molecular weight is 272 g/mol. The number of hydrogen-bond acceptors (Lipinski definition) is 2. The molecule has 0 heterocycles. The van der Waals surface area contributed by atoms with Gasteiger partial charge in [0.1, 0.15) is 5.82 Å². The molecule has 3 heteroatoms. The zero-order valence-corrected chi connectivity index (χ0v) is 12.3. The van der Waals surface area contributed by atoms with E-state index in [1.807, 2.05) is 13.1 Å². The molecular weight excluding hydrogens is 251 g/mol. The molecule has 0 atom stereocenters. The van der Waals surface area contributed by atoms with E-state index < -0.39 is 0 Å². The van der Waals surface area contributed by atoms with Gasteiger partial charge in [0.25, 0.3) is 0 Å². The highest BCUT2D eigenvalue weighted by Crippen LogP contribution is 2.27. The molecule has 2 aromatic carbocycles. The van der Waals surface area contributed by atoms with Gasteiger partial charge >= 0.3 is 0 Å². The lowest BCUT2D eigenvalue weighted by Gasteiger charge is -2.24. The summed E-state index contributed by atoms with van der Waals surface area (Å²) in [4.78, 5) is 2.11. The molecule has 0 radical (unpaired) electrons. The van der Waals surface area contributed by atoms with E-state index in [4.69, 9.17) is 0 Å². The van der Waals surface area contributed by atoms with Crippen molar-refractivity contribution in [1.82, 2.24) is 5.32 Å². The predicted molar refractivity (Wildman–Crippen MR) is 83.0 cm³/mol. The number of anilines is 2. The van der Waals surface area contributed by atoms with Crippen LogP contribution in [0.3, 0.4) is 0 Å². The summed E-state index contributed by atoms with van der Waals surface area (Å²) in [7, 11) is 1.94. The Kier molecular flexibility index (Phi) is 4.74. The van der Waals surface area contributed by atoms with Crippen LogP contribution in [0.2, 0.25) is 0 Å². The Morgan fingerprint density at radius 3 is 2.45 bits per heavy atom. The maximum atomic E-state index is 13.4. The fourth-order valence-corrected chi connectivity index (χ4v) is 2.39. The topological polar surface area (TPSA) is 15.3 Å². The summed E-state index contributed by atoms with van der Waals surface area (Å²) in [6.07, 6.45) is 0. The molecule has 0 fully saturated rings. The van der Waals surface area contributed by atoms with Gasteiger partial charge in [0.15, 0.2) is 0 Å². The molecule has 0 aliphatic heterocycles. The van der Waals surface area contributed by atoms with E-state index in [0.29, 0.717) is 0 Å². The van der Waals surface area contributed by atoms with Crippen LogP contribution in [0.1, 0.15) is 18.1 Å². The third-order valence-corrected chi connectivity index (χ3v) is 3.44. The van der Waals surface area contributed by atoms with Crippen LogP contribution in [0.15, 0.2) is 42.5 Å². The molecule has 0 unspecified atom stereocenters. The minimum Gasteiger partial charge on any atom is -0.342 e. The first kappa shape index (κ1) is 14.5. The van der Waals surface area contributed by atoms with E-state index in [1.54, 1.807) is 12.1 Å². The first-order chi connectivity index (χ1) is 9.65. The first-order valence-corrected chi connectivity index (χ1v) is 6.93. The molecule has 0 bridgehead atoms. The van der Waals surface area contributed by atoms with Gasteiger partial charge in [0, 0.05) is 24.5 Å². The molecule has 2 nitrogen and oxygen atoms in total. The minimum absolute atomic E-state index is 0.204. The molecule has 106 valence electrons. The molecule has 0 amide bonds. The van der Waals surface area contributed by atoms with E-state index in [1.165, 1.54) is 17.2 Å². The second-order valence-electron chi connectivity index (χ2n) is 4.87. The highest BCUT2D eigenvalue weighted by atomic mass is 19.1. The highest BCUT2D eigenvalue weighted by molar-refractivity contribution is 5.64. The summed E-state index contributed by atoms with van der Waals surface area (Å²) >= 11 is 0. The largest absolute Gasteiger partial charge is 0.342 e. The average Bonchev–Trinajstić information content (AvgIpc) is 2.43. The Morgan fingerprint density at radius 2 is 1.85 bits per heavy atom. The first-order valence-electron chi connectivity index (χ1n) is 6.93. The monoisotopic (exact) mass is 272 g/mol. The fraction of sp³-hybridized carbons (Fsp3) is 0.294. The van der Waals surface area contributed by atoms with Crippen molar-refractivity contribution in [3.05, 3.63) is 59.4 Å². The van der Waals surface area contributed by atoms with Gasteiger partial charge in [-0.15, -0.1) is 0 Å². The Balaban J connectivity index is 2.35. The Hall–Kier alpha value is -1.87. The highest BCUT2D eigenvalue weighted by Gasteiger charge is 2.09. The van der Waals surface area contributed by atoms with Crippen LogP contribution in [-0.4, -0.2) is 13.6 Å². The normalized spacial score (nSPS) is 10.6. The van der Waals surface area contributed by atoms with Crippen LogP contribution < -0.4 is 10.2 Å². The minimum atomic E-state index is -0.204. The van der Waals surface area contributed by atoms with Gasteiger partial charge in [0.2, 0.25) is 0 Å². The van der Waals surface area contributed by atoms with Crippen LogP contribution in [0.25, 0.3) is 0 Å². The molecule has 1 N–H and O–H groups in total. The van der Waals surface area contributed by atoms with E-state index in [-0.39, 0.29) is 5.82 Å². The van der Waals surface area contributed by atoms with Crippen molar-refractivity contribution >= 4 is 11.4 Å². The molecule has 0 spiro atoms. The maximum Gasteiger partial charge on any atom is 0.125 e. The van der Waals surface area contributed by atoms with Gasteiger partial charge in [-0.3, -0.25) is 0 Å². The van der Waals surface area contributed by atoms with Crippen LogP contribution >= 0.6 is 0 Å². The fourth-order valence-electron chi connectivity index (χ4n) is 2.39. The van der Waals surface area contributed by atoms with Crippen LogP contribution in [-0.2, 0) is 6.54 Å². The van der Waals surface area contributed by atoms with Crippen molar-refractivity contribution in [2.75, 3.05) is 18.5 Å². The van der Waals surface area contributed by atoms with Gasteiger partial charge in [0.05, 0.1) is 0 Å². The van der Waals surface area contributed by atoms with Crippen LogP contribution in [0.4, 0.5) is 15.8 Å². The summed E-state index contributed by atoms with van der Waals surface area (Å²) < 4.78 is 13.4. The lowest BCUT2D eigenvalue weighted by molar-refractivity contribution is 0.627. The van der Waals surface area contributed by atoms with Crippen LogP contribution in [0, 0.1) is 12.7 Å². The summed E-state index contributed by atoms with van der Waals surface area (Å²) in [5.41, 5.74) is 4.50. The van der Waals surface area contributed by atoms with Gasteiger partial charge in [-0.05, 0) is 62.4 Å². The number of nitrogens with one attached hydrogen (secondary N) is 1. The van der Waals surface area contributed by atoms with E-state index in [9.17, 15) is 4.39 Å². The van der Waals surface area contributed by atoms with Crippen molar-refractivity contribution < 1.29 is 4.39 Å². The van der Waals surface area contributed by atoms with Crippen molar-refractivity contribution in [1.29, 1.82) is 0 Å². The maximum absolute atomic E-state index is 13.4. The van der Waals surface area contributed by atoms with E-state index in [0.717, 1.165) is 24.5 Å². The molecule has 0 aliphatic carbocycles. The quantitative estimate of drug-likeness (QED) is 0.884. The molecule has 0 aliphatic rings. The predicted octanol–water partition coefficient (Wildman–Crippen LogP) is 4.01. The third-order valence-electron chi connectivity index (χ3n) is 3.44. The molecule has 0 saturated heterocycles. The second-order valence-corrected chi connectivity index (χ2v) is 4.87. The second kappa shape index (κ2) is 6.53. The van der Waals surface area contributed by atoms with Crippen molar-refractivity contribution in [3.63, 3.8) is 0 Å². The summed E-state index contributed by atoms with van der Waals surface area (Å²) in [6, 6.07) is 13.1. The molecule has 2 aromatic rings. The molecular formula is C17H21FN2. The molecule has 2 rings (SSSR count). The SMILES string of the molecule is CCN(c1cccc(F)c1)c1ccc(CNC)c(C)c1. The van der Waals surface area contributed by atoms with Crippen molar-refractivity contribution in [2.24, 2.45) is 0 Å². The van der Waals surface area contributed by atoms with Crippen LogP contribution in [0.5, 0.6) is 0 Å². The number of aryl methyl sites for hydroxylation is 1. The number of rotatable bonds is 5. The molecule has 0 saturated carbocycles. The Morgan fingerprint density at radius 1 is 1.10 bits per heavy atom. The van der Waals surface area contributed by atoms with Crippen molar-refractivity contribution in [3.8, 4) is 0 Å². The van der Waals surface area contributed by atoms with Gasteiger partial charge in [-0.1, -0.05) is 12.1 Å². The number of hydrogen-bond donors (Lipinski definition) is 1. The lowest BCUT2D eigenvalue weighted by Crippen LogP contribution is -2.16. The van der Waals surface area contributed by atoms with Gasteiger partial charge in [-0.2, -0.15) is 0 Å². The smallest absolute Gasteiger partial charge is 0.125 e. The van der Waals surface area contributed by atoms with Gasteiger partial charge in [-0.25, -0.2) is 4.39 Å². The third kappa shape index (κ3) is 3.17. The Labute approximate surface area is 120 Å². The number of halogens is 1. The summed E-state index contributed by atoms with van der Waals surface area (Å²) in [5, 5.41) is 3.16. The number of nitrogens with zero attached hydrogens (tertiary/aromatic N) is 1. The van der Waals surface area contributed by atoms with Gasteiger partial charge < -0.3 is 10.2 Å². The molecule has 20 heavy (non-hydrogen) atoms. The summed E-state index contributed by atoms with van der Waals surface area (Å²) in [6.45, 7) is 5.84. The lowest BCUT2D eigenvalue weighted by atomic mass is 10.1. The number of benzene rings is 2. The summed E-state index contributed by atoms with van der Waals surface area (Å²) in [5.74, 6) is -0.204. The zero-order valence-electron chi connectivity index (χ0n) is 12.3. The van der Waals surface area contributed by atoms with Crippen molar-refractivity contribution in [2.45, 2.75) is 20.4 Å². The van der Waals surface area contributed by atoms with E-state index >= 15 is 0 Å².